The summed E-state index contributed by atoms with van der Waals surface area (Å²) in [5.74, 6) is 0.00516. The highest BCUT2D eigenvalue weighted by atomic mass is 16.5. The van der Waals surface area contributed by atoms with Gasteiger partial charge in [0.2, 0.25) is 5.91 Å². The molecule has 31 heavy (non-hydrogen) atoms. The number of benzene rings is 2. The van der Waals surface area contributed by atoms with E-state index >= 15 is 0 Å². The van der Waals surface area contributed by atoms with Gasteiger partial charge in [0.05, 0.1) is 18.8 Å². The van der Waals surface area contributed by atoms with Crippen LogP contribution in [0.15, 0.2) is 60.7 Å². The van der Waals surface area contributed by atoms with Gasteiger partial charge < -0.3 is 19.9 Å². The molecule has 2 aromatic carbocycles. The van der Waals surface area contributed by atoms with Crippen LogP contribution in [-0.4, -0.2) is 62.1 Å². The third-order valence-corrected chi connectivity index (χ3v) is 5.84. The number of nitrogens with zero attached hydrogens (tertiary/aromatic N) is 2. The van der Waals surface area contributed by atoms with Crippen LogP contribution in [0.1, 0.15) is 28.8 Å². The summed E-state index contributed by atoms with van der Waals surface area (Å²) in [4.78, 5) is 29.5. The highest BCUT2D eigenvalue weighted by Crippen LogP contribution is 2.26. The minimum Gasteiger partial charge on any atom is -0.378 e. The third kappa shape index (κ3) is 5.52. The van der Waals surface area contributed by atoms with E-state index < -0.39 is 0 Å². The van der Waals surface area contributed by atoms with Gasteiger partial charge in [-0.3, -0.25) is 9.59 Å². The molecule has 0 saturated carbocycles. The summed E-state index contributed by atoms with van der Waals surface area (Å²) < 4.78 is 5.37. The summed E-state index contributed by atoms with van der Waals surface area (Å²) in [5, 5.41) is 3.11. The minimum absolute atomic E-state index is 0.0646. The smallest absolute Gasteiger partial charge is 0.256 e. The van der Waals surface area contributed by atoms with Crippen LogP contribution in [0.2, 0.25) is 0 Å². The van der Waals surface area contributed by atoms with E-state index in [2.05, 4.69) is 10.2 Å². The maximum Gasteiger partial charge on any atom is 0.256 e. The fourth-order valence-corrected chi connectivity index (χ4v) is 4.12. The number of carbonyl (C=O) groups excluding carboxylic acids is 2. The molecule has 1 N–H and O–H groups in total. The lowest BCUT2D eigenvalue weighted by Gasteiger charge is -2.35. The number of piperidine rings is 1. The molecule has 0 aromatic heterocycles. The molecule has 0 atom stereocenters. The van der Waals surface area contributed by atoms with Gasteiger partial charge >= 0.3 is 0 Å². The molecule has 2 heterocycles. The zero-order valence-corrected chi connectivity index (χ0v) is 17.7. The fraction of sp³-hybridized carbons (Fsp3) is 0.360. The number of ether oxygens (including phenoxy) is 1. The molecular weight excluding hydrogens is 390 g/mol. The van der Waals surface area contributed by atoms with E-state index in [1.807, 2.05) is 65.6 Å². The fourth-order valence-electron chi connectivity index (χ4n) is 4.12. The number of nitrogens with one attached hydrogen (secondary N) is 1. The molecule has 0 unspecified atom stereocenters. The third-order valence-electron chi connectivity index (χ3n) is 5.84. The molecular formula is C25H29N3O3. The van der Waals surface area contributed by atoms with Crippen LogP contribution < -0.4 is 10.2 Å². The average Bonchev–Trinajstić information content (AvgIpc) is 2.84. The van der Waals surface area contributed by atoms with Crippen molar-refractivity contribution >= 4 is 23.6 Å². The summed E-state index contributed by atoms with van der Waals surface area (Å²) in [6.07, 6.45) is 5.13. The van der Waals surface area contributed by atoms with Gasteiger partial charge in [-0.25, -0.2) is 0 Å². The van der Waals surface area contributed by atoms with Crippen LogP contribution in [0, 0.1) is 0 Å². The molecule has 6 heteroatoms. The maximum atomic E-state index is 13.0. The lowest BCUT2D eigenvalue weighted by molar-refractivity contribution is -0.117. The monoisotopic (exact) mass is 419 g/mol. The molecule has 0 aliphatic carbocycles. The van der Waals surface area contributed by atoms with Crippen LogP contribution in [0.3, 0.4) is 0 Å². The summed E-state index contributed by atoms with van der Waals surface area (Å²) in [7, 11) is 0. The Morgan fingerprint density at radius 3 is 2.32 bits per heavy atom. The first-order valence-corrected chi connectivity index (χ1v) is 11.0. The van der Waals surface area contributed by atoms with Gasteiger partial charge in [-0.15, -0.1) is 0 Å². The molecule has 4 rings (SSSR count). The van der Waals surface area contributed by atoms with E-state index in [0.717, 1.165) is 42.7 Å². The number of amides is 2. The molecule has 6 nitrogen and oxygen atoms in total. The molecule has 0 bridgehead atoms. The molecule has 2 fully saturated rings. The van der Waals surface area contributed by atoms with Gasteiger partial charge in [0.15, 0.2) is 0 Å². The Kier molecular flexibility index (Phi) is 6.99. The molecule has 162 valence electrons. The number of carbonyl (C=O) groups is 2. The van der Waals surface area contributed by atoms with Gasteiger partial charge in [-0.2, -0.15) is 0 Å². The predicted molar refractivity (Wildman–Crippen MR) is 122 cm³/mol. The standard InChI is InChI=1S/C25H29N3O3/c29-24(11-10-20-6-2-1-3-7-20)26-21-12-14-27(15-13-21)23-9-5-4-8-22(23)25(30)28-16-18-31-19-17-28/h1-11,21H,12-19H2,(H,26,29)/b11-10+. The second-order valence-corrected chi connectivity index (χ2v) is 7.94. The summed E-state index contributed by atoms with van der Waals surface area (Å²) in [5.41, 5.74) is 2.74. The number of hydrogen-bond donors (Lipinski definition) is 1. The SMILES string of the molecule is O=C(/C=C/c1ccccc1)NC1CCN(c2ccccc2C(=O)N2CCOCC2)CC1. The van der Waals surface area contributed by atoms with Crippen molar-refractivity contribution < 1.29 is 14.3 Å². The molecule has 2 amide bonds. The highest BCUT2D eigenvalue weighted by Gasteiger charge is 2.26. The van der Waals surface area contributed by atoms with Crippen LogP contribution in [0.5, 0.6) is 0 Å². The number of rotatable bonds is 5. The van der Waals surface area contributed by atoms with E-state index in [4.69, 9.17) is 4.74 Å². The minimum atomic E-state index is -0.0646. The Bertz CT molecular complexity index is 915. The van der Waals surface area contributed by atoms with Crippen molar-refractivity contribution in [3.05, 3.63) is 71.8 Å². The molecule has 2 saturated heterocycles. The normalized spacial score (nSPS) is 17.7. The van der Waals surface area contributed by atoms with Crippen LogP contribution in [0.25, 0.3) is 6.08 Å². The maximum absolute atomic E-state index is 13.0. The Morgan fingerprint density at radius 2 is 1.58 bits per heavy atom. The highest BCUT2D eigenvalue weighted by molar-refractivity contribution is 6.00. The van der Waals surface area contributed by atoms with Gasteiger partial charge in [0.25, 0.3) is 5.91 Å². The van der Waals surface area contributed by atoms with Crippen molar-refractivity contribution in [2.45, 2.75) is 18.9 Å². The van der Waals surface area contributed by atoms with Gasteiger partial charge in [0, 0.05) is 44.0 Å². The molecule has 2 aliphatic heterocycles. The van der Waals surface area contributed by atoms with E-state index in [0.29, 0.717) is 26.3 Å². The zero-order chi connectivity index (χ0) is 21.5. The summed E-state index contributed by atoms with van der Waals surface area (Å²) >= 11 is 0. The first-order valence-electron chi connectivity index (χ1n) is 11.0. The number of anilines is 1. The average molecular weight is 420 g/mol. The topological polar surface area (TPSA) is 61.9 Å². The Balaban J connectivity index is 1.33. The quantitative estimate of drug-likeness (QED) is 0.757. The number of para-hydroxylation sites is 1. The predicted octanol–water partition coefficient (Wildman–Crippen LogP) is 2.96. The number of morpholine rings is 1. The first-order chi connectivity index (χ1) is 15.2. The van der Waals surface area contributed by atoms with E-state index in [9.17, 15) is 9.59 Å². The Labute approximate surface area is 183 Å². The van der Waals surface area contributed by atoms with Crippen molar-refractivity contribution in [1.29, 1.82) is 0 Å². The van der Waals surface area contributed by atoms with Crippen LogP contribution >= 0.6 is 0 Å². The summed E-state index contributed by atoms with van der Waals surface area (Å²) in [6.45, 7) is 4.08. The van der Waals surface area contributed by atoms with Crippen molar-refractivity contribution in [3.8, 4) is 0 Å². The zero-order valence-electron chi connectivity index (χ0n) is 17.7. The van der Waals surface area contributed by atoms with Crippen molar-refractivity contribution in [1.82, 2.24) is 10.2 Å². The lowest BCUT2D eigenvalue weighted by Crippen LogP contribution is -2.45. The second kappa shape index (κ2) is 10.3. The van der Waals surface area contributed by atoms with Gasteiger partial charge in [0.1, 0.15) is 0 Å². The second-order valence-electron chi connectivity index (χ2n) is 7.94. The molecule has 0 radical (unpaired) electrons. The van der Waals surface area contributed by atoms with E-state index in [-0.39, 0.29) is 17.9 Å². The number of hydrogen-bond acceptors (Lipinski definition) is 4. The van der Waals surface area contributed by atoms with Crippen molar-refractivity contribution in [2.75, 3.05) is 44.3 Å². The summed E-state index contributed by atoms with van der Waals surface area (Å²) in [6, 6.07) is 17.8. The van der Waals surface area contributed by atoms with E-state index in [1.165, 1.54) is 0 Å². The lowest BCUT2D eigenvalue weighted by atomic mass is 10.0. The van der Waals surface area contributed by atoms with Crippen LogP contribution in [0.4, 0.5) is 5.69 Å². The molecule has 0 spiro atoms. The van der Waals surface area contributed by atoms with Gasteiger partial charge in [-0.05, 0) is 36.6 Å². The van der Waals surface area contributed by atoms with Crippen LogP contribution in [-0.2, 0) is 9.53 Å². The Morgan fingerprint density at radius 1 is 0.903 bits per heavy atom. The largest absolute Gasteiger partial charge is 0.378 e. The molecule has 2 aliphatic rings. The Hall–Kier alpha value is -3.12. The molecule has 2 aromatic rings. The van der Waals surface area contributed by atoms with E-state index in [1.54, 1.807) is 6.08 Å². The van der Waals surface area contributed by atoms with Crippen molar-refractivity contribution in [3.63, 3.8) is 0 Å². The van der Waals surface area contributed by atoms with Crippen molar-refractivity contribution in [2.24, 2.45) is 0 Å². The first kappa shape index (κ1) is 21.1. The van der Waals surface area contributed by atoms with Gasteiger partial charge in [-0.1, -0.05) is 42.5 Å².